The number of aromatic amines is 1. The van der Waals surface area contributed by atoms with Gasteiger partial charge in [-0.15, -0.1) is 10.2 Å². The summed E-state index contributed by atoms with van der Waals surface area (Å²) >= 11 is 12.2. The lowest BCUT2D eigenvalue weighted by Crippen LogP contribution is -2.20. The van der Waals surface area contributed by atoms with Crippen LogP contribution >= 0.6 is 23.2 Å². The van der Waals surface area contributed by atoms with Crippen molar-refractivity contribution in [1.82, 2.24) is 29.9 Å². The smallest absolute Gasteiger partial charge is 0.183 e. The maximum absolute atomic E-state index is 6.13. The second kappa shape index (κ2) is 6.07. The SMILES string of the molecule is Clc1ccc(C2CCCc3nnc(-c4ccc5[nH]nc(Cl)c5n4)n32)cc1. The third-order valence-corrected chi connectivity index (χ3v) is 5.32. The molecule has 0 bridgehead atoms. The van der Waals surface area contributed by atoms with Crippen LogP contribution in [-0.2, 0) is 6.42 Å². The van der Waals surface area contributed by atoms with Gasteiger partial charge in [-0.1, -0.05) is 35.3 Å². The molecule has 4 heterocycles. The number of nitrogens with zero attached hydrogens (tertiary/aromatic N) is 5. The van der Waals surface area contributed by atoms with Gasteiger partial charge >= 0.3 is 0 Å². The number of hydrogen-bond acceptors (Lipinski definition) is 4. The normalized spacial score (nSPS) is 16.8. The molecule has 1 N–H and O–H groups in total. The first-order valence-corrected chi connectivity index (χ1v) is 9.16. The molecule has 0 fully saturated rings. The second-order valence-electron chi connectivity index (χ2n) is 6.38. The summed E-state index contributed by atoms with van der Waals surface area (Å²) in [5.41, 5.74) is 3.37. The molecule has 6 nitrogen and oxygen atoms in total. The Labute approximate surface area is 159 Å². The zero-order valence-electron chi connectivity index (χ0n) is 13.7. The summed E-state index contributed by atoms with van der Waals surface area (Å²) in [5, 5.41) is 16.8. The van der Waals surface area contributed by atoms with Crippen LogP contribution in [0.25, 0.3) is 22.6 Å². The Balaban J connectivity index is 1.66. The monoisotopic (exact) mass is 384 g/mol. The Morgan fingerprint density at radius 1 is 1.04 bits per heavy atom. The number of fused-ring (bicyclic) bond motifs is 2. The number of rotatable bonds is 2. The van der Waals surface area contributed by atoms with E-state index in [4.69, 9.17) is 23.2 Å². The lowest BCUT2D eigenvalue weighted by molar-refractivity contribution is 0.454. The fourth-order valence-electron chi connectivity index (χ4n) is 3.57. The molecule has 3 aromatic heterocycles. The van der Waals surface area contributed by atoms with Crippen molar-refractivity contribution in [2.45, 2.75) is 25.3 Å². The lowest BCUT2D eigenvalue weighted by atomic mass is 9.97. The highest BCUT2D eigenvalue weighted by Gasteiger charge is 2.27. The summed E-state index contributed by atoms with van der Waals surface area (Å²) in [6.07, 6.45) is 3.01. The molecule has 5 rings (SSSR count). The second-order valence-corrected chi connectivity index (χ2v) is 7.17. The highest BCUT2D eigenvalue weighted by atomic mass is 35.5. The molecule has 1 aromatic carbocycles. The number of pyridine rings is 1. The van der Waals surface area contributed by atoms with Gasteiger partial charge in [0, 0.05) is 11.4 Å². The van der Waals surface area contributed by atoms with Crippen molar-refractivity contribution in [2.75, 3.05) is 0 Å². The van der Waals surface area contributed by atoms with Gasteiger partial charge < -0.3 is 4.57 Å². The van der Waals surface area contributed by atoms with Crippen molar-refractivity contribution in [3.05, 3.63) is 58.0 Å². The Morgan fingerprint density at radius 2 is 1.88 bits per heavy atom. The largest absolute Gasteiger partial charge is 0.302 e. The minimum atomic E-state index is 0.165. The molecule has 0 spiro atoms. The van der Waals surface area contributed by atoms with E-state index in [0.717, 1.165) is 47.1 Å². The van der Waals surface area contributed by atoms with E-state index in [-0.39, 0.29) is 6.04 Å². The van der Waals surface area contributed by atoms with Crippen LogP contribution in [0.5, 0.6) is 0 Å². The van der Waals surface area contributed by atoms with Crippen LogP contribution in [-0.4, -0.2) is 29.9 Å². The zero-order chi connectivity index (χ0) is 17.7. The molecule has 1 unspecified atom stereocenters. The van der Waals surface area contributed by atoms with Gasteiger partial charge in [0.2, 0.25) is 0 Å². The van der Waals surface area contributed by atoms with Gasteiger partial charge in [0.05, 0.1) is 11.6 Å². The van der Waals surface area contributed by atoms with Crippen LogP contribution < -0.4 is 0 Å². The van der Waals surface area contributed by atoms with E-state index in [1.807, 2.05) is 24.3 Å². The lowest BCUT2D eigenvalue weighted by Gasteiger charge is -2.26. The maximum Gasteiger partial charge on any atom is 0.183 e. The molecule has 1 atom stereocenters. The molecular formula is C18H14Cl2N6. The van der Waals surface area contributed by atoms with Crippen LogP contribution in [0.2, 0.25) is 10.2 Å². The Morgan fingerprint density at radius 3 is 2.73 bits per heavy atom. The predicted molar refractivity (Wildman–Crippen MR) is 100 cm³/mol. The predicted octanol–water partition coefficient (Wildman–Crippen LogP) is 4.45. The van der Waals surface area contributed by atoms with E-state index in [9.17, 15) is 0 Å². The van der Waals surface area contributed by atoms with Gasteiger partial charge in [-0.25, -0.2) is 4.98 Å². The molecule has 4 aromatic rings. The van der Waals surface area contributed by atoms with E-state index >= 15 is 0 Å². The number of benzene rings is 1. The molecule has 26 heavy (non-hydrogen) atoms. The average Bonchev–Trinajstić information content (AvgIpc) is 3.26. The van der Waals surface area contributed by atoms with Crippen molar-refractivity contribution in [3.8, 4) is 11.5 Å². The summed E-state index contributed by atoms with van der Waals surface area (Å²) < 4.78 is 2.19. The van der Waals surface area contributed by atoms with E-state index in [1.54, 1.807) is 0 Å². The van der Waals surface area contributed by atoms with Crippen LogP contribution in [0, 0.1) is 0 Å². The van der Waals surface area contributed by atoms with Gasteiger partial charge in [0.25, 0.3) is 0 Å². The van der Waals surface area contributed by atoms with Gasteiger partial charge in [-0.2, -0.15) is 5.10 Å². The molecule has 130 valence electrons. The minimum Gasteiger partial charge on any atom is -0.302 e. The first kappa shape index (κ1) is 15.8. The molecule has 1 aliphatic rings. The number of aromatic nitrogens is 6. The first-order valence-electron chi connectivity index (χ1n) is 8.41. The standard InChI is InChI=1S/C18H14Cl2N6/c19-11-6-4-10(5-7-11)14-2-1-3-15-23-25-18(26(14)15)13-9-8-12-16(21-13)17(20)24-22-12/h4-9,14H,1-3H2,(H,22,24). The van der Waals surface area contributed by atoms with Crippen LogP contribution in [0.3, 0.4) is 0 Å². The summed E-state index contributed by atoms with van der Waals surface area (Å²) in [6.45, 7) is 0. The van der Waals surface area contributed by atoms with Crippen molar-refractivity contribution >= 4 is 34.2 Å². The molecular weight excluding hydrogens is 371 g/mol. The zero-order valence-corrected chi connectivity index (χ0v) is 15.2. The van der Waals surface area contributed by atoms with Gasteiger partial charge in [-0.05, 0) is 42.7 Å². The highest BCUT2D eigenvalue weighted by molar-refractivity contribution is 6.33. The van der Waals surface area contributed by atoms with Gasteiger partial charge in [0.15, 0.2) is 11.0 Å². The van der Waals surface area contributed by atoms with Crippen molar-refractivity contribution < 1.29 is 0 Å². The Bertz CT molecular complexity index is 1100. The molecule has 8 heteroatoms. The Kier molecular flexibility index (Phi) is 3.69. The fraction of sp³-hybridized carbons (Fsp3) is 0.222. The fourth-order valence-corrected chi connectivity index (χ4v) is 3.89. The molecule has 0 saturated heterocycles. The molecule has 1 aliphatic heterocycles. The van der Waals surface area contributed by atoms with Crippen LogP contribution in [0.4, 0.5) is 0 Å². The third-order valence-electron chi connectivity index (χ3n) is 4.81. The summed E-state index contributed by atoms with van der Waals surface area (Å²) in [6, 6.07) is 12.0. The summed E-state index contributed by atoms with van der Waals surface area (Å²) in [7, 11) is 0. The Hall–Kier alpha value is -2.44. The maximum atomic E-state index is 6.13. The number of hydrogen-bond donors (Lipinski definition) is 1. The van der Waals surface area contributed by atoms with E-state index in [2.05, 4.69) is 42.1 Å². The van der Waals surface area contributed by atoms with Crippen molar-refractivity contribution in [3.63, 3.8) is 0 Å². The number of H-pyrrole nitrogens is 1. The van der Waals surface area contributed by atoms with Gasteiger partial charge in [0.1, 0.15) is 17.0 Å². The summed E-state index contributed by atoms with van der Waals surface area (Å²) in [4.78, 5) is 4.66. The number of aryl methyl sites for hydroxylation is 1. The quantitative estimate of drug-likeness (QED) is 0.553. The number of halogens is 2. The van der Waals surface area contributed by atoms with E-state index in [1.165, 1.54) is 5.56 Å². The highest BCUT2D eigenvalue weighted by Crippen LogP contribution is 2.35. The number of nitrogens with one attached hydrogen (secondary N) is 1. The summed E-state index contributed by atoms with van der Waals surface area (Å²) in [5.74, 6) is 1.73. The van der Waals surface area contributed by atoms with Gasteiger partial charge in [-0.3, -0.25) is 5.10 Å². The van der Waals surface area contributed by atoms with Crippen molar-refractivity contribution in [2.24, 2.45) is 0 Å². The topological polar surface area (TPSA) is 72.3 Å². The third kappa shape index (κ3) is 2.48. The minimum absolute atomic E-state index is 0.165. The molecule has 0 aliphatic carbocycles. The molecule has 0 amide bonds. The first-order chi connectivity index (χ1) is 12.7. The average molecular weight is 385 g/mol. The van der Waals surface area contributed by atoms with E-state index in [0.29, 0.717) is 10.7 Å². The molecule has 0 saturated carbocycles. The molecule has 0 radical (unpaired) electrons. The van der Waals surface area contributed by atoms with Crippen LogP contribution in [0.1, 0.15) is 30.3 Å². The van der Waals surface area contributed by atoms with Crippen molar-refractivity contribution in [1.29, 1.82) is 0 Å². The van der Waals surface area contributed by atoms with E-state index < -0.39 is 0 Å². The van der Waals surface area contributed by atoms with Crippen LogP contribution in [0.15, 0.2) is 36.4 Å².